The quantitative estimate of drug-likeness (QED) is 0.904. The third-order valence-electron chi connectivity index (χ3n) is 3.85. The first kappa shape index (κ1) is 15.0. The maximum Gasteiger partial charge on any atom is 0.0622 e. The second-order valence-electron chi connectivity index (χ2n) is 5.09. The molecule has 1 fully saturated rings. The van der Waals surface area contributed by atoms with Crippen LogP contribution in [-0.4, -0.2) is 37.2 Å². The maximum atomic E-state index is 6.31. The Morgan fingerprint density at radius 3 is 3.00 bits per heavy atom. The second kappa shape index (κ2) is 7.39. The van der Waals surface area contributed by atoms with Crippen LogP contribution < -0.4 is 5.73 Å². The highest BCUT2D eigenvalue weighted by Crippen LogP contribution is 2.24. The highest BCUT2D eigenvalue weighted by Gasteiger charge is 2.22. The molecule has 2 unspecified atom stereocenters. The zero-order valence-electron chi connectivity index (χ0n) is 11.5. The molecule has 0 radical (unpaired) electrons. The standard InChI is InChI=1S/C15H23BrN2O/c1-2-12-11-19-10-9-18(12)8-7-15(17)13-5-3-4-6-14(13)16/h3-6,12,15H,2,7-11,17H2,1H3. The fraction of sp³-hybridized carbons (Fsp3) is 0.600. The third-order valence-corrected chi connectivity index (χ3v) is 4.57. The van der Waals surface area contributed by atoms with Gasteiger partial charge in [-0.25, -0.2) is 0 Å². The van der Waals surface area contributed by atoms with Crippen molar-refractivity contribution in [1.82, 2.24) is 4.90 Å². The summed E-state index contributed by atoms with van der Waals surface area (Å²) in [6, 6.07) is 8.87. The van der Waals surface area contributed by atoms with Gasteiger partial charge in [-0.05, 0) is 24.5 Å². The van der Waals surface area contributed by atoms with Gasteiger partial charge in [-0.2, -0.15) is 0 Å². The fourth-order valence-corrected chi connectivity index (χ4v) is 3.17. The third kappa shape index (κ3) is 4.02. The summed E-state index contributed by atoms with van der Waals surface area (Å²) < 4.78 is 6.64. The molecule has 1 aromatic carbocycles. The number of hydrogen-bond acceptors (Lipinski definition) is 3. The van der Waals surface area contributed by atoms with E-state index in [4.69, 9.17) is 10.5 Å². The summed E-state index contributed by atoms with van der Waals surface area (Å²) in [5, 5.41) is 0. The van der Waals surface area contributed by atoms with E-state index >= 15 is 0 Å². The number of rotatable bonds is 5. The Morgan fingerprint density at radius 1 is 1.47 bits per heavy atom. The summed E-state index contributed by atoms with van der Waals surface area (Å²) in [4.78, 5) is 2.51. The van der Waals surface area contributed by atoms with Crippen molar-refractivity contribution in [2.24, 2.45) is 5.73 Å². The lowest BCUT2D eigenvalue weighted by Crippen LogP contribution is -2.45. The van der Waals surface area contributed by atoms with Crippen molar-refractivity contribution in [2.45, 2.75) is 31.8 Å². The lowest BCUT2D eigenvalue weighted by Gasteiger charge is -2.35. The van der Waals surface area contributed by atoms with Gasteiger partial charge in [0.2, 0.25) is 0 Å². The Labute approximate surface area is 124 Å². The molecule has 0 aliphatic carbocycles. The van der Waals surface area contributed by atoms with Gasteiger partial charge in [-0.1, -0.05) is 41.1 Å². The van der Waals surface area contributed by atoms with Crippen molar-refractivity contribution in [3.63, 3.8) is 0 Å². The van der Waals surface area contributed by atoms with E-state index in [1.165, 1.54) is 5.56 Å². The molecule has 0 amide bonds. The molecule has 106 valence electrons. The largest absolute Gasteiger partial charge is 0.378 e. The average Bonchev–Trinajstić information content (AvgIpc) is 2.45. The summed E-state index contributed by atoms with van der Waals surface area (Å²) in [5.41, 5.74) is 7.51. The molecule has 4 heteroatoms. The summed E-state index contributed by atoms with van der Waals surface area (Å²) in [6.07, 6.45) is 2.13. The van der Waals surface area contributed by atoms with Gasteiger partial charge >= 0.3 is 0 Å². The number of halogens is 1. The Balaban J connectivity index is 1.89. The summed E-state index contributed by atoms with van der Waals surface area (Å²) >= 11 is 3.57. The van der Waals surface area contributed by atoms with Gasteiger partial charge in [0.1, 0.15) is 0 Å². The lowest BCUT2D eigenvalue weighted by atomic mass is 10.0. The fourth-order valence-electron chi connectivity index (χ4n) is 2.60. The Kier molecular flexibility index (Phi) is 5.82. The Hall–Kier alpha value is -0.420. The summed E-state index contributed by atoms with van der Waals surface area (Å²) in [7, 11) is 0. The smallest absolute Gasteiger partial charge is 0.0622 e. The minimum atomic E-state index is 0.0935. The van der Waals surface area contributed by atoms with E-state index in [1.54, 1.807) is 0 Å². The van der Waals surface area contributed by atoms with Crippen LogP contribution in [0.2, 0.25) is 0 Å². The SMILES string of the molecule is CCC1COCCN1CCC(N)c1ccccc1Br. The van der Waals surface area contributed by atoms with Crippen LogP contribution in [0, 0.1) is 0 Å². The topological polar surface area (TPSA) is 38.5 Å². The number of morpholine rings is 1. The normalized spacial score (nSPS) is 22.4. The molecule has 2 N–H and O–H groups in total. The predicted octanol–water partition coefficient (Wildman–Crippen LogP) is 2.95. The van der Waals surface area contributed by atoms with Gasteiger partial charge in [-0.15, -0.1) is 0 Å². The molecule has 1 saturated heterocycles. The van der Waals surface area contributed by atoms with Crippen LogP contribution in [0.4, 0.5) is 0 Å². The van der Waals surface area contributed by atoms with Gasteiger partial charge in [0, 0.05) is 29.6 Å². The van der Waals surface area contributed by atoms with E-state index in [9.17, 15) is 0 Å². The van der Waals surface area contributed by atoms with Crippen molar-refractivity contribution in [3.8, 4) is 0 Å². The molecule has 19 heavy (non-hydrogen) atoms. The van der Waals surface area contributed by atoms with Crippen LogP contribution in [-0.2, 0) is 4.74 Å². The zero-order chi connectivity index (χ0) is 13.7. The van der Waals surface area contributed by atoms with Crippen molar-refractivity contribution in [3.05, 3.63) is 34.3 Å². The van der Waals surface area contributed by atoms with Crippen LogP contribution in [0.3, 0.4) is 0 Å². The molecule has 1 aliphatic heterocycles. The van der Waals surface area contributed by atoms with Crippen LogP contribution in [0.15, 0.2) is 28.7 Å². The Bertz CT molecular complexity index is 399. The van der Waals surface area contributed by atoms with Crippen molar-refractivity contribution >= 4 is 15.9 Å². The van der Waals surface area contributed by atoms with E-state index in [2.05, 4.69) is 39.9 Å². The molecule has 0 spiro atoms. The van der Waals surface area contributed by atoms with Crippen LogP contribution in [0.5, 0.6) is 0 Å². The molecule has 3 nitrogen and oxygen atoms in total. The van der Waals surface area contributed by atoms with E-state index in [1.807, 2.05) is 12.1 Å². The highest BCUT2D eigenvalue weighted by atomic mass is 79.9. The minimum absolute atomic E-state index is 0.0935. The van der Waals surface area contributed by atoms with Gasteiger partial charge in [0.25, 0.3) is 0 Å². The van der Waals surface area contributed by atoms with Crippen LogP contribution in [0.25, 0.3) is 0 Å². The van der Waals surface area contributed by atoms with E-state index < -0.39 is 0 Å². The minimum Gasteiger partial charge on any atom is -0.378 e. The number of benzene rings is 1. The van der Waals surface area contributed by atoms with Gasteiger partial charge in [0.15, 0.2) is 0 Å². The van der Waals surface area contributed by atoms with Crippen molar-refractivity contribution < 1.29 is 4.74 Å². The highest BCUT2D eigenvalue weighted by molar-refractivity contribution is 9.10. The predicted molar refractivity (Wildman–Crippen MR) is 82.2 cm³/mol. The number of ether oxygens (including phenoxy) is 1. The molecule has 2 rings (SSSR count). The molecular weight excluding hydrogens is 304 g/mol. The summed E-state index contributed by atoms with van der Waals surface area (Å²) in [5.74, 6) is 0. The number of hydrogen-bond donors (Lipinski definition) is 1. The van der Waals surface area contributed by atoms with Crippen LogP contribution in [0.1, 0.15) is 31.4 Å². The molecule has 0 saturated carbocycles. The lowest BCUT2D eigenvalue weighted by molar-refractivity contribution is -0.00965. The molecule has 1 aliphatic rings. The van der Waals surface area contributed by atoms with E-state index in [0.29, 0.717) is 6.04 Å². The molecule has 2 atom stereocenters. The second-order valence-corrected chi connectivity index (χ2v) is 5.94. The first-order chi connectivity index (χ1) is 9.22. The van der Waals surface area contributed by atoms with Crippen molar-refractivity contribution in [1.29, 1.82) is 0 Å². The molecule has 0 bridgehead atoms. The maximum absolute atomic E-state index is 6.31. The van der Waals surface area contributed by atoms with Crippen molar-refractivity contribution in [2.75, 3.05) is 26.3 Å². The first-order valence-electron chi connectivity index (χ1n) is 7.04. The molecular formula is C15H23BrN2O. The van der Waals surface area contributed by atoms with Crippen LogP contribution >= 0.6 is 15.9 Å². The monoisotopic (exact) mass is 326 g/mol. The molecule has 1 aromatic rings. The van der Waals surface area contributed by atoms with Gasteiger partial charge < -0.3 is 10.5 Å². The van der Waals surface area contributed by atoms with Gasteiger partial charge in [0.05, 0.1) is 13.2 Å². The molecule has 1 heterocycles. The zero-order valence-corrected chi connectivity index (χ0v) is 13.1. The average molecular weight is 327 g/mol. The summed E-state index contributed by atoms with van der Waals surface area (Å²) in [6.45, 7) is 6.01. The number of nitrogens with two attached hydrogens (primary N) is 1. The van der Waals surface area contributed by atoms with E-state index in [-0.39, 0.29) is 6.04 Å². The van der Waals surface area contributed by atoms with E-state index in [0.717, 1.165) is 43.6 Å². The molecule has 0 aromatic heterocycles. The Morgan fingerprint density at radius 2 is 2.26 bits per heavy atom. The first-order valence-corrected chi connectivity index (χ1v) is 7.83. The number of nitrogens with zero attached hydrogens (tertiary/aromatic N) is 1. The van der Waals surface area contributed by atoms with Gasteiger partial charge in [-0.3, -0.25) is 4.90 Å².